The molecule has 20 heavy (non-hydrogen) atoms. The molecule has 0 N–H and O–H groups in total. The lowest BCUT2D eigenvalue weighted by Gasteiger charge is -2.42. The SMILES string of the molecule is C[C@H]1C[C@H](C)O[Si](c2ccccc2)(c2ccccc2)C1. The largest absolute Gasteiger partial charge is 0.405 e. The Bertz CT molecular complexity index is 501. The van der Waals surface area contributed by atoms with Crippen molar-refractivity contribution in [1.29, 1.82) is 0 Å². The summed E-state index contributed by atoms with van der Waals surface area (Å²) in [7, 11) is -2.06. The van der Waals surface area contributed by atoms with E-state index in [4.69, 9.17) is 4.43 Å². The van der Waals surface area contributed by atoms with Crippen molar-refractivity contribution in [1.82, 2.24) is 0 Å². The summed E-state index contributed by atoms with van der Waals surface area (Å²) in [6.07, 6.45) is 1.53. The molecule has 0 unspecified atom stereocenters. The quantitative estimate of drug-likeness (QED) is 0.769. The Labute approximate surface area is 122 Å². The van der Waals surface area contributed by atoms with Gasteiger partial charge in [0.25, 0.3) is 8.32 Å². The van der Waals surface area contributed by atoms with Crippen LogP contribution in [0.15, 0.2) is 60.7 Å². The summed E-state index contributed by atoms with van der Waals surface area (Å²) in [4.78, 5) is 0. The fourth-order valence-electron chi connectivity index (χ4n) is 3.53. The van der Waals surface area contributed by atoms with Crippen LogP contribution in [0.1, 0.15) is 20.3 Å². The van der Waals surface area contributed by atoms with E-state index in [1.54, 1.807) is 0 Å². The molecule has 1 aliphatic rings. The van der Waals surface area contributed by atoms with Gasteiger partial charge in [0.05, 0.1) is 0 Å². The highest BCUT2D eigenvalue weighted by atomic mass is 28.4. The highest BCUT2D eigenvalue weighted by Gasteiger charge is 2.45. The maximum atomic E-state index is 6.66. The zero-order valence-corrected chi connectivity index (χ0v) is 13.3. The van der Waals surface area contributed by atoms with Crippen LogP contribution >= 0.6 is 0 Å². The van der Waals surface area contributed by atoms with Gasteiger partial charge in [-0.25, -0.2) is 0 Å². The van der Waals surface area contributed by atoms with E-state index in [0.29, 0.717) is 6.10 Å². The monoisotopic (exact) mass is 282 g/mol. The Balaban J connectivity index is 2.13. The van der Waals surface area contributed by atoms with Gasteiger partial charge in [-0.15, -0.1) is 0 Å². The number of benzene rings is 2. The first-order chi connectivity index (χ1) is 9.71. The average molecular weight is 282 g/mol. The molecule has 2 atom stereocenters. The van der Waals surface area contributed by atoms with Crippen molar-refractivity contribution < 1.29 is 4.43 Å². The molecule has 2 heteroatoms. The first-order valence-corrected chi connectivity index (χ1v) is 9.61. The Kier molecular flexibility index (Phi) is 3.77. The van der Waals surface area contributed by atoms with Crippen LogP contribution in [0.25, 0.3) is 0 Å². The summed E-state index contributed by atoms with van der Waals surface area (Å²) < 4.78 is 6.66. The van der Waals surface area contributed by atoms with Gasteiger partial charge < -0.3 is 4.43 Å². The molecular formula is C18H22OSi. The molecule has 0 bridgehead atoms. The van der Waals surface area contributed by atoms with Crippen molar-refractivity contribution >= 4 is 18.7 Å². The summed E-state index contributed by atoms with van der Waals surface area (Å²) in [6, 6.07) is 22.9. The molecule has 1 fully saturated rings. The fourth-order valence-corrected chi connectivity index (χ4v) is 8.10. The summed E-state index contributed by atoms with van der Waals surface area (Å²) in [5, 5.41) is 2.81. The van der Waals surface area contributed by atoms with Crippen molar-refractivity contribution in [2.45, 2.75) is 32.4 Å². The van der Waals surface area contributed by atoms with Crippen LogP contribution in [-0.2, 0) is 4.43 Å². The molecule has 0 spiro atoms. The standard InChI is InChI=1S/C18H22OSi/c1-15-13-16(2)19-20(14-15,17-9-5-3-6-10-17)18-11-7-4-8-12-18/h3-12,15-16H,13-14H2,1-2H3/t15-,16-/m0/s1. The van der Waals surface area contributed by atoms with Crippen molar-refractivity contribution in [3.63, 3.8) is 0 Å². The number of hydrogen-bond acceptors (Lipinski definition) is 1. The lowest BCUT2D eigenvalue weighted by Crippen LogP contribution is -2.64. The Morgan fingerprint density at radius 3 is 1.80 bits per heavy atom. The summed E-state index contributed by atoms with van der Waals surface area (Å²) in [6.45, 7) is 4.59. The summed E-state index contributed by atoms with van der Waals surface area (Å²) in [5.41, 5.74) is 0. The molecule has 1 aliphatic heterocycles. The van der Waals surface area contributed by atoms with Crippen LogP contribution in [0.3, 0.4) is 0 Å². The first kappa shape index (κ1) is 13.6. The van der Waals surface area contributed by atoms with Crippen molar-refractivity contribution in [2.75, 3.05) is 0 Å². The molecule has 0 amide bonds. The van der Waals surface area contributed by atoms with Crippen LogP contribution in [0.2, 0.25) is 6.04 Å². The smallest absolute Gasteiger partial charge is 0.256 e. The first-order valence-electron chi connectivity index (χ1n) is 7.49. The van der Waals surface area contributed by atoms with E-state index in [2.05, 4.69) is 74.5 Å². The van der Waals surface area contributed by atoms with Gasteiger partial charge in [-0.05, 0) is 35.7 Å². The second-order valence-corrected chi connectivity index (χ2v) is 9.49. The van der Waals surface area contributed by atoms with Crippen LogP contribution in [-0.4, -0.2) is 14.4 Å². The normalized spacial score (nSPS) is 25.3. The van der Waals surface area contributed by atoms with E-state index in [1.807, 2.05) is 0 Å². The van der Waals surface area contributed by atoms with Crippen LogP contribution < -0.4 is 10.4 Å². The topological polar surface area (TPSA) is 9.23 Å². The Morgan fingerprint density at radius 2 is 1.35 bits per heavy atom. The number of rotatable bonds is 2. The van der Waals surface area contributed by atoms with E-state index in [1.165, 1.54) is 22.8 Å². The molecule has 3 rings (SSSR count). The molecule has 1 saturated heterocycles. The molecule has 0 aliphatic carbocycles. The molecule has 2 aromatic carbocycles. The van der Waals surface area contributed by atoms with E-state index in [-0.39, 0.29) is 0 Å². The minimum absolute atomic E-state index is 0.353. The molecule has 104 valence electrons. The molecule has 0 aromatic heterocycles. The third-order valence-corrected chi connectivity index (χ3v) is 8.86. The van der Waals surface area contributed by atoms with Crippen molar-refractivity contribution in [2.24, 2.45) is 5.92 Å². The zero-order valence-electron chi connectivity index (χ0n) is 12.3. The van der Waals surface area contributed by atoms with Gasteiger partial charge in [0, 0.05) is 6.10 Å². The molecule has 1 heterocycles. The summed E-state index contributed by atoms with van der Waals surface area (Å²) >= 11 is 0. The Morgan fingerprint density at radius 1 is 0.850 bits per heavy atom. The van der Waals surface area contributed by atoms with Crippen LogP contribution in [0.4, 0.5) is 0 Å². The molecule has 0 saturated carbocycles. The minimum atomic E-state index is -2.06. The summed E-state index contributed by atoms with van der Waals surface area (Å²) in [5.74, 6) is 0.728. The minimum Gasteiger partial charge on any atom is -0.405 e. The van der Waals surface area contributed by atoms with E-state index < -0.39 is 8.32 Å². The van der Waals surface area contributed by atoms with Crippen molar-refractivity contribution in [3.8, 4) is 0 Å². The van der Waals surface area contributed by atoms with Gasteiger partial charge in [-0.1, -0.05) is 67.6 Å². The highest BCUT2D eigenvalue weighted by Crippen LogP contribution is 2.30. The predicted molar refractivity (Wildman–Crippen MR) is 87.0 cm³/mol. The van der Waals surface area contributed by atoms with E-state index in [0.717, 1.165) is 5.92 Å². The maximum absolute atomic E-state index is 6.66. The lowest BCUT2D eigenvalue weighted by atomic mass is 10.1. The van der Waals surface area contributed by atoms with Gasteiger partial charge in [-0.3, -0.25) is 0 Å². The van der Waals surface area contributed by atoms with Gasteiger partial charge in [0.1, 0.15) is 0 Å². The average Bonchev–Trinajstić information content (AvgIpc) is 2.48. The molecule has 0 radical (unpaired) electrons. The molecular weight excluding hydrogens is 260 g/mol. The van der Waals surface area contributed by atoms with Crippen LogP contribution in [0, 0.1) is 5.92 Å². The Hall–Kier alpha value is -1.38. The van der Waals surface area contributed by atoms with Crippen LogP contribution in [0.5, 0.6) is 0 Å². The zero-order chi connectivity index (χ0) is 14.0. The van der Waals surface area contributed by atoms with Crippen molar-refractivity contribution in [3.05, 3.63) is 60.7 Å². The highest BCUT2D eigenvalue weighted by molar-refractivity contribution is 6.97. The van der Waals surface area contributed by atoms with E-state index >= 15 is 0 Å². The second-order valence-electron chi connectivity index (χ2n) is 6.03. The van der Waals surface area contributed by atoms with Gasteiger partial charge in [0.15, 0.2) is 0 Å². The second kappa shape index (κ2) is 5.55. The van der Waals surface area contributed by atoms with Gasteiger partial charge in [0.2, 0.25) is 0 Å². The molecule has 1 nitrogen and oxygen atoms in total. The third kappa shape index (κ3) is 2.46. The predicted octanol–water partition coefficient (Wildman–Crippen LogP) is 3.19. The maximum Gasteiger partial charge on any atom is 0.256 e. The van der Waals surface area contributed by atoms with E-state index in [9.17, 15) is 0 Å². The third-order valence-electron chi connectivity index (χ3n) is 4.25. The fraction of sp³-hybridized carbons (Fsp3) is 0.333. The number of hydrogen-bond donors (Lipinski definition) is 0. The van der Waals surface area contributed by atoms with Gasteiger partial charge in [-0.2, -0.15) is 0 Å². The lowest BCUT2D eigenvalue weighted by molar-refractivity contribution is 0.161. The molecule has 2 aromatic rings. The van der Waals surface area contributed by atoms with Gasteiger partial charge >= 0.3 is 0 Å².